The molecule has 8 nitrogen and oxygen atoms in total. The van der Waals surface area contributed by atoms with E-state index in [1.165, 1.54) is 0 Å². The number of rotatable bonds is 7. The maximum absolute atomic E-state index is 12.0. The lowest BCUT2D eigenvalue weighted by molar-refractivity contribution is 0.119. The topological polar surface area (TPSA) is 132 Å². The third-order valence-electron chi connectivity index (χ3n) is 3.55. The highest BCUT2D eigenvalue weighted by molar-refractivity contribution is 7.89. The molecule has 0 aliphatic rings. The first-order valence-corrected chi connectivity index (χ1v) is 7.71. The Kier molecular flexibility index (Phi) is 5.26. The first-order chi connectivity index (χ1) is 9.30. The predicted octanol–water partition coefficient (Wildman–Crippen LogP) is -0.860. The molecule has 1 aromatic heterocycles. The molecule has 0 saturated heterocycles. The molecule has 0 aromatic carbocycles. The van der Waals surface area contributed by atoms with Crippen LogP contribution in [0.15, 0.2) is 20.7 Å². The summed E-state index contributed by atoms with van der Waals surface area (Å²) in [7, 11) is -4.05. The van der Waals surface area contributed by atoms with E-state index in [4.69, 9.17) is 0 Å². The highest BCUT2D eigenvalue weighted by Gasteiger charge is 2.28. The first-order valence-electron chi connectivity index (χ1n) is 6.23. The molecule has 1 heterocycles. The van der Waals surface area contributed by atoms with Gasteiger partial charge in [-0.25, -0.2) is 17.9 Å². The number of sulfonamides is 1. The van der Waals surface area contributed by atoms with Crippen LogP contribution in [0.5, 0.6) is 0 Å². The van der Waals surface area contributed by atoms with Gasteiger partial charge in [0.25, 0.3) is 5.56 Å². The van der Waals surface area contributed by atoms with Crippen molar-refractivity contribution in [2.24, 2.45) is 5.41 Å². The molecule has 9 heteroatoms. The smallest absolute Gasteiger partial charge is 0.325 e. The number of H-pyrrole nitrogens is 2. The highest BCUT2D eigenvalue weighted by atomic mass is 32.2. The van der Waals surface area contributed by atoms with Crippen molar-refractivity contribution in [1.82, 2.24) is 14.7 Å². The number of aromatic nitrogens is 2. The fourth-order valence-corrected chi connectivity index (χ4v) is 2.86. The lowest BCUT2D eigenvalue weighted by Crippen LogP contribution is -2.41. The lowest BCUT2D eigenvalue weighted by Gasteiger charge is -2.29. The van der Waals surface area contributed by atoms with Crippen molar-refractivity contribution >= 4 is 10.0 Å². The third kappa shape index (κ3) is 3.56. The molecule has 4 N–H and O–H groups in total. The van der Waals surface area contributed by atoms with Gasteiger partial charge in [0.05, 0.1) is 0 Å². The maximum Gasteiger partial charge on any atom is 0.325 e. The molecule has 0 amide bonds. The van der Waals surface area contributed by atoms with Crippen LogP contribution in [0.1, 0.15) is 26.7 Å². The summed E-state index contributed by atoms with van der Waals surface area (Å²) in [5.74, 6) is 0. The summed E-state index contributed by atoms with van der Waals surface area (Å²) < 4.78 is 26.3. The van der Waals surface area contributed by atoms with Crippen molar-refractivity contribution in [2.75, 3.05) is 13.2 Å². The van der Waals surface area contributed by atoms with Gasteiger partial charge < -0.3 is 10.1 Å². The van der Waals surface area contributed by atoms with E-state index in [9.17, 15) is 23.1 Å². The number of nitrogens with one attached hydrogen (secondary N) is 3. The van der Waals surface area contributed by atoms with Gasteiger partial charge in [0.2, 0.25) is 10.0 Å². The number of hydrogen-bond acceptors (Lipinski definition) is 5. The summed E-state index contributed by atoms with van der Waals surface area (Å²) in [5, 5.41) is 9.38. The van der Waals surface area contributed by atoms with E-state index in [1.807, 2.05) is 18.8 Å². The van der Waals surface area contributed by atoms with Gasteiger partial charge in [0, 0.05) is 24.8 Å². The van der Waals surface area contributed by atoms with Crippen LogP contribution in [0.3, 0.4) is 0 Å². The van der Waals surface area contributed by atoms with Gasteiger partial charge in [-0.15, -0.1) is 0 Å². The molecule has 0 bridgehead atoms. The Morgan fingerprint density at radius 2 is 1.90 bits per heavy atom. The zero-order valence-corrected chi connectivity index (χ0v) is 12.2. The van der Waals surface area contributed by atoms with E-state index in [0.29, 0.717) is 12.8 Å². The maximum atomic E-state index is 12.0. The van der Waals surface area contributed by atoms with Crippen LogP contribution in [0.4, 0.5) is 0 Å². The van der Waals surface area contributed by atoms with Crippen molar-refractivity contribution < 1.29 is 13.5 Å². The Morgan fingerprint density at radius 3 is 2.35 bits per heavy atom. The van der Waals surface area contributed by atoms with Crippen LogP contribution < -0.4 is 16.0 Å². The molecule has 114 valence electrons. The molecule has 20 heavy (non-hydrogen) atoms. The largest absolute Gasteiger partial charge is 0.396 e. The van der Waals surface area contributed by atoms with Crippen LogP contribution in [0.25, 0.3) is 0 Å². The zero-order chi connectivity index (χ0) is 15.4. The van der Waals surface area contributed by atoms with E-state index in [1.54, 1.807) is 0 Å². The van der Waals surface area contributed by atoms with Crippen LogP contribution in [0.2, 0.25) is 0 Å². The number of aliphatic hydroxyl groups excluding tert-OH is 1. The third-order valence-corrected chi connectivity index (χ3v) is 4.95. The van der Waals surface area contributed by atoms with Crippen LogP contribution in [-0.4, -0.2) is 36.6 Å². The molecule has 0 saturated carbocycles. The predicted molar refractivity (Wildman–Crippen MR) is 73.0 cm³/mol. The van der Waals surface area contributed by atoms with Crippen molar-refractivity contribution in [3.8, 4) is 0 Å². The minimum atomic E-state index is -4.05. The molecule has 0 aliphatic heterocycles. The van der Waals surface area contributed by atoms with Gasteiger partial charge in [-0.3, -0.25) is 9.78 Å². The molecule has 0 fully saturated rings. The summed E-state index contributed by atoms with van der Waals surface area (Å²) in [6.07, 6.45) is 2.02. The fourth-order valence-electron chi connectivity index (χ4n) is 1.70. The molecule has 0 radical (unpaired) electrons. The van der Waals surface area contributed by atoms with E-state index in [2.05, 4.69) is 9.71 Å². The molecule has 0 spiro atoms. The van der Waals surface area contributed by atoms with Gasteiger partial charge in [-0.2, -0.15) is 0 Å². The molecular formula is C11H19N3O5S. The Hall–Kier alpha value is -1.45. The van der Waals surface area contributed by atoms with Gasteiger partial charge >= 0.3 is 5.69 Å². The fraction of sp³-hybridized carbons (Fsp3) is 0.636. The van der Waals surface area contributed by atoms with Crippen molar-refractivity contribution in [2.45, 2.75) is 31.6 Å². The van der Waals surface area contributed by atoms with Crippen molar-refractivity contribution in [3.63, 3.8) is 0 Å². The Morgan fingerprint density at radius 1 is 1.30 bits per heavy atom. The van der Waals surface area contributed by atoms with E-state index in [-0.39, 0.29) is 13.2 Å². The summed E-state index contributed by atoms with van der Waals surface area (Å²) in [5.41, 5.74) is -2.33. The SMILES string of the molecule is CCC(CC)(CO)CNS(=O)(=O)c1c[nH]c(=O)[nH]c1=O. The van der Waals surface area contributed by atoms with Crippen molar-refractivity contribution in [1.29, 1.82) is 0 Å². The van der Waals surface area contributed by atoms with E-state index >= 15 is 0 Å². The standard InChI is InChI=1S/C11H19N3O5S/c1-3-11(4-2,7-15)6-13-20(18,19)8-5-12-10(17)14-9(8)16/h5,13,15H,3-4,6-7H2,1-2H3,(H2,12,14,16,17). The number of aromatic amines is 2. The van der Waals surface area contributed by atoms with Gasteiger partial charge in [0.15, 0.2) is 4.90 Å². The molecule has 0 aliphatic carbocycles. The number of hydrogen-bond donors (Lipinski definition) is 4. The summed E-state index contributed by atoms with van der Waals surface area (Å²) in [4.78, 5) is 25.7. The van der Waals surface area contributed by atoms with Crippen LogP contribution in [-0.2, 0) is 10.0 Å². The summed E-state index contributed by atoms with van der Waals surface area (Å²) >= 11 is 0. The average Bonchev–Trinajstić information content (AvgIpc) is 2.40. The highest BCUT2D eigenvalue weighted by Crippen LogP contribution is 2.24. The second-order valence-corrected chi connectivity index (χ2v) is 6.36. The second-order valence-electron chi connectivity index (χ2n) is 4.63. The van der Waals surface area contributed by atoms with Crippen molar-refractivity contribution in [3.05, 3.63) is 27.0 Å². The lowest BCUT2D eigenvalue weighted by atomic mass is 9.84. The van der Waals surface area contributed by atoms with Crippen LogP contribution >= 0.6 is 0 Å². The molecule has 0 unspecified atom stereocenters. The first kappa shape index (κ1) is 16.6. The van der Waals surface area contributed by atoms with E-state index in [0.717, 1.165) is 6.20 Å². The Labute approximate surface area is 116 Å². The van der Waals surface area contributed by atoms with Gasteiger partial charge in [0.1, 0.15) is 0 Å². The zero-order valence-electron chi connectivity index (χ0n) is 11.4. The van der Waals surface area contributed by atoms with E-state index < -0.39 is 31.6 Å². The molecule has 1 rings (SSSR count). The average molecular weight is 305 g/mol. The minimum Gasteiger partial charge on any atom is -0.396 e. The quantitative estimate of drug-likeness (QED) is 0.520. The monoisotopic (exact) mass is 305 g/mol. The summed E-state index contributed by atoms with van der Waals surface area (Å²) in [6.45, 7) is 3.55. The van der Waals surface area contributed by atoms with Gasteiger partial charge in [-0.1, -0.05) is 13.8 Å². The molecular weight excluding hydrogens is 286 g/mol. The number of aliphatic hydroxyl groups is 1. The Balaban J connectivity index is 3.02. The molecule has 1 aromatic rings. The summed E-state index contributed by atoms with van der Waals surface area (Å²) in [6, 6.07) is 0. The normalized spacial score (nSPS) is 12.6. The minimum absolute atomic E-state index is 0.0113. The Bertz CT molecular complexity index is 649. The second kappa shape index (κ2) is 6.33. The van der Waals surface area contributed by atoms with Gasteiger partial charge in [-0.05, 0) is 12.8 Å². The van der Waals surface area contributed by atoms with Crippen LogP contribution in [0, 0.1) is 5.41 Å². The molecule has 0 atom stereocenters.